The average molecular weight is 501 g/mol. The fourth-order valence-corrected chi connectivity index (χ4v) is 4.32. The van der Waals surface area contributed by atoms with Crippen LogP contribution in [0.3, 0.4) is 0 Å². The molecule has 1 fully saturated rings. The number of ether oxygens (including phenoxy) is 1. The molecule has 0 radical (unpaired) electrons. The number of anilines is 1. The summed E-state index contributed by atoms with van der Waals surface area (Å²) >= 11 is 0. The zero-order valence-corrected chi connectivity index (χ0v) is 19.7. The van der Waals surface area contributed by atoms with Crippen molar-refractivity contribution in [2.24, 2.45) is 0 Å². The predicted octanol–water partition coefficient (Wildman–Crippen LogP) is 6.07. The molecule has 1 aromatic heterocycles. The summed E-state index contributed by atoms with van der Waals surface area (Å²) in [7, 11) is 0. The van der Waals surface area contributed by atoms with Crippen LogP contribution in [0.1, 0.15) is 28.5 Å². The highest BCUT2D eigenvalue weighted by atomic mass is 19.1. The molecule has 1 aliphatic rings. The molecule has 3 aromatic carbocycles. The SMILES string of the molecule is Cc1cc(/C(O)=C2/C(=O)C(=O)N(c3cc(F)ccc3F)C2c2ccco2)ccc1OCc1ccccc1. The molecule has 2 heterocycles. The van der Waals surface area contributed by atoms with Gasteiger partial charge in [0.25, 0.3) is 11.7 Å². The van der Waals surface area contributed by atoms with E-state index in [4.69, 9.17) is 9.15 Å². The minimum atomic E-state index is -1.30. The minimum absolute atomic E-state index is 0.101. The van der Waals surface area contributed by atoms with E-state index in [0.717, 1.165) is 28.7 Å². The Kier molecular flexibility index (Phi) is 6.31. The molecule has 1 atom stereocenters. The third-order valence-corrected chi connectivity index (χ3v) is 6.11. The third kappa shape index (κ3) is 4.49. The van der Waals surface area contributed by atoms with Crippen molar-refractivity contribution >= 4 is 23.1 Å². The summed E-state index contributed by atoms with van der Waals surface area (Å²) in [4.78, 5) is 27.0. The molecule has 0 bridgehead atoms. The number of carbonyl (C=O) groups excluding carboxylic acids is 2. The maximum absolute atomic E-state index is 14.7. The highest BCUT2D eigenvalue weighted by molar-refractivity contribution is 6.51. The van der Waals surface area contributed by atoms with Crippen LogP contribution in [0.15, 0.2) is 95.1 Å². The van der Waals surface area contributed by atoms with Gasteiger partial charge >= 0.3 is 0 Å². The van der Waals surface area contributed by atoms with Crippen molar-refractivity contribution in [3.8, 4) is 5.75 Å². The Labute approximate surface area is 211 Å². The summed E-state index contributed by atoms with van der Waals surface area (Å²) in [6, 6.07) is 18.7. The van der Waals surface area contributed by atoms with Gasteiger partial charge in [0.05, 0.1) is 17.5 Å². The van der Waals surface area contributed by atoms with E-state index in [2.05, 4.69) is 0 Å². The number of aliphatic hydroxyl groups is 1. The Morgan fingerprint density at radius 2 is 1.78 bits per heavy atom. The first-order valence-electron chi connectivity index (χ1n) is 11.4. The van der Waals surface area contributed by atoms with Crippen LogP contribution in [-0.4, -0.2) is 16.8 Å². The Bertz CT molecular complexity index is 1510. The molecular formula is C29H21F2NO5. The van der Waals surface area contributed by atoms with Crippen LogP contribution in [0.4, 0.5) is 14.5 Å². The van der Waals surface area contributed by atoms with Crippen LogP contribution < -0.4 is 9.64 Å². The topological polar surface area (TPSA) is 80.0 Å². The average Bonchev–Trinajstić information content (AvgIpc) is 3.52. The number of rotatable bonds is 6. The van der Waals surface area contributed by atoms with E-state index < -0.39 is 40.8 Å². The Morgan fingerprint density at radius 3 is 2.49 bits per heavy atom. The van der Waals surface area contributed by atoms with Gasteiger partial charge in [0, 0.05) is 11.6 Å². The van der Waals surface area contributed by atoms with E-state index >= 15 is 0 Å². The zero-order valence-electron chi connectivity index (χ0n) is 19.7. The van der Waals surface area contributed by atoms with Crippen LogP contribution in [-0.2, 0) is 16.2 Å². The number of nitrogens with zero attached hydrogens (tertiary/aromatic N) is 1. The number of aliphatic hydroxyl groups excluding tert-OH is 1. The van der Waals surface area contributed by atoms with Gasteiger partial charge in [0.15, 0.2) is 0 Å². The lowest BCUT2D eigenvalue weighted by molar-refractivity contribution is -0.132. The highest BCUT2D eigenvalue weighted by Crippen LogP contribution is 2.43. The molecule has 186 valence electrons. The second-order valence-electron chi connectivity index (χ2n) is 8.53. The van der Waals surface area contributed by atoms with E-state index in [1.807, 2.05) is 30.3 Å². The summed E-state index contributed by atoms with van der Waals surface area (Å²) < 4.78 is 40.0. The van der Waals surface area contributed by atoms with Gasteiger partial charge in [-0.2, -0.15) is 0 Å². The number of hydrogen-bond acceptors (Lipinski definition) is 5. The number of amides is 1. The summed E-state index contributed by atoms with van der Waals surface area (Å²) in [5.74, 6) is -3.67. The molecule has 4 aromatic rings. The number of furan rings is 1. The molecule has 6 nitrogen and oxygen atoms in total. The molecule has 8 heteroatoms. The molecule has 1 aliphatic heterocycles. The molecule has 37 heavy (non-hydrogen) atoms. The number of Topliss-reactive ketones (excluding diaryl/α,β-unsaturated/α-hetero) is 1. The molecule has 0 aliphatic carbocycles. The van der Waals surface area contributed by atoms with Crippen LogP contribution >= 0.6 is 0 Å². The van der Waals surface area contributed by atoms with E-state index in [-0.39, 0.29) is 16.9 Å². The predicted molar refractivity (Wildman–Crippen MR) is 132 cm³/mol. The van der Waals surface area contributed by atoms with E-state index in [0.29, 0.717) is 17.9 Å². The standard InChI is InChI=1S/C29H21F2NO5/c1-17-14-19(9-12-23(17)37-16-18-6-3-2-4-7-18)27(33)25-26(24-8-5-13-36-24)32(29(35)28(25)34)22-15-20(30)10-11-21(22)31/h2-15,26,33H,16H2,1H3/b27-25-. The zero-order chi connectivity index (χ0) is 26.1. The van der Waals surface area contributed by atoms with Gasteiger partial charge in [-0.05, 0) is 60.5 Å². The maximum atomic E-state index is 14.7. The van der Waals surface area contributed by atoms with Crippen molar-refractivity contribution < 1.29 is 32.6 Å². The highest BCUT2D eigenvalue weighted by Gasteiger charge is 2.49. The lowest BCUT2D eigenvalue weighted by Crippen LogP contribution is -2.30. The van der Waals surface area contributed by atoms with Gasteiger partial charge in [-0.15, -0.1) is 0 Å². The van der Waals surface area contributed by atoms with Gasteiger partial charge in [-0.1, -0.05) is 30.3 Å². The van der Waals surface area contributed by atoms with Crippen molar-refractivity contribution in [2.45, 2.75) is 19.6 Å². The normalized spacial score (nSPS) is 16.8. The Hall–Kier alpha value is -4.72. The van der Waals surface area contributed by atoms with Crippen molar-refractivity contribution in [3.63, 3.8) is 0 Å². The molecule has 1 N–H and O–H groups in total. The molecule has 0 spiro atoms. The van der Waals surface area contributed by atoms with Crippen molar-refractivity contribution in [1.29, 1.82) is 0 Å². The number of hydrogen-bond donors (Lipinski definition) is 1. The lowest BCUT2D eigenvalue weighted by Gasteiger charge is -2.23. The first-order chi connectivity index (χ1) is 17.8. The fourth-order valence-electron chi connectivity index (χ4n) is 4.32. The van der Waals surface area contributed by atoms with E-state index in [1.54, 1.807) is 25.1 Å². The number of carbonyl (C=O) groups is 2. The maximum Gasteiger partial charge on any atom is 0.300 e. The second-order valence-corrected chi connectivity index (χ2v) is 8.53. The van der Waals surface area contributed by atoms with Crippen LogP contribution in [0.25, 0.3) is 5.76 Å². The minimum Gasteiger partial charge on any atom is -0.507 e. The Balaban J connectivity index is 1.55. The monoisotopic (exact) mass is 501 g/mol. The third-order valence-electron chi connectivity index (χ3n) is 6.11. The van der Waals surface area contributed by atoms with Crippen molar-refractivity contribution in [2.75, 3.05) is 4.90 Å². The number of ketones is 1. The first-order valence-corrected chi connectivity index (χ1v) is 11.4. The number of halogens is 2. The fraction of sp³-hybridized carbons (Fsp3) is 0.103. The summed E-state index contributed by atoms with van der Waals surface area (Å²) in [5.41, 5.74) is 1.17. The Morgan fingerprint density at radius 1 is 1.00 bits per heavy atom. The van der Waals surface area contributed by atoms with Gasteiger partial charge in [0.1, 0.15) is 41.6 Å². The summed E-state index contributed by atoms with van der Waals surface area (Å²) in [6.45, 7) is 2.12. The molecular weight excluding hydrogens is 480 g/mol. The summed E-state index contributed by atoms with van der Waals surface area (Å²) in [5, 5.41) is 11.2. The second kappa shape index (κ2) is 9.73. The molecule has 1 unspecified atom stereocenters. The van der Waals surface area contributed by atoms with Gasteiger partial charge in [-0.25, -0.2) is 8.78 Å². The lowest BCUT2D eigenvalue weighted by atomic mass is 9.98. The van der Waals surface area contributed by atoms with Crippen LogP contribution in [0.2, 0.25) is 0 Å². The van der Waals surface area contributed by atoms with Crippen molar-refractivity contribution in [3.05, 3.63) is 125 Å². The van der Waals surface area contributed by atoms with Crippen molar-refractivity contribution in [1.82, 2.24) is 0 Å². The smallest absolute Gasteiger partial charge is 0.300 e. The van der Waals surface area contributed by atoms with Gasteiger partial charge in [-0.3, -0.25) is 14.5 Å². The van der Waals surface area contributed by atoms with Crippen LogP contribution in [0, 0.1) is 18.6 Å². The van der Waals surface area contributed by atoms with Gasteiger partial charge in [0.2, 0.25) is 0 Å². The molecule has 0 saturated carbocycles. The largest absolute Gasteiger partial charge is 0.507 e. The van der Waals surface area contributed by atoms with E-state index in [9.17, 15) is 23.5 Å². The summed E-state index contributed by atoms with van der Waals surface area (Å²) in [6.07, 6.45) is 1.32. The quantitative estimate of drug-likeness (QED) is 0.197. The van der Waals surface area contributed by atoms with Crippen LogP contribution in [0.5, 0.6) is 5.75 Å². The van der Waals surface area contributed by atoms with Gasteiger partial charge < -0.3 is 14.3 Å². The number of benzene rings is 3. The molecule has 1 saturated heterocycles. The molecule has 5 rings (SSSR count). The number of aryl methyl sites for hydroxylation is 1. The first kappa shape index (κ1) is 24.0. The molecule has 1 amide bonds. The van der Waals surface area contributed by atoms with E-state index in [1.165, 1.54) is 18.4 Å².